The first-order valence-electron chi connectivity index (χ1n) is 8.36. The second-order valence-corrected chi connectivity index (χ2v) is 6.45. The van der Waals surface area contributed by atoms with Gasteiger partial charge in [0.2, 0.25) is 0 Å². The van der Waals surface area contributed by atoms with Crippen molar-refractivity contribution in [3.63, 3.8) is 0 Å². The van der Waals surface area contributed by atoms with Gasteiger partial charge in [-0.1, -0.05) is 12.1 Å². The SMILES string of the molecule is CCNC(=NCC(C)(C)OC)NCCN(C)Cc1ccc(F)cc1. The molecule has 1 rings (SSSR count). The number of rotatable bonds is 9. The molecule has 0 saturated carbocycles. The molecule has 0 unspecified atom stereocenters. The molecule has 0 atom stereocenters. The predicted molar refractivity (Wildman–Crippen MR) is 97.8 cm³/mol. The van der Waals surface area contributed by atoms with Crippen molar-refractivity contribution in [1.82, 2.24) is 15.5 Å². The number of nitrogens with one attached hydrogen (secondary N) is 2. The number of hydrogen-bond donors (Lipinski definition) is 2. The molecule has 0 bridgehead atoms. The van der Waals surface area contributed by atoms with Gasteiger partial charge in [0.1, 0.15) is 5.82 Å². The first-order chi connectivity index (χ1) is 11.4. The lowest BCUT2D eigenvalue weighted by molar-refractivity contribution is 0.0310. The zero-order valence-electron chi connectivity index (χ0n) is 15.5. The van der Waals surface area contributed by atoms with Crippen LogP contribution in [0.5, 0.6) is 0 Å². The molecule has 0 aliphatic heterocycles. The molecule has 24 heavy (non-hydrogen) atoms. The van der Waals surface area contributed by atoms with Crippen molar-refractivity contribution in [3.05, 3.63) is 35.6 Å². The van der Waals surface area contributed by atoms with Crippen LogP contribution in [0.3, 0.4) is 0 Å². The Bertz CT molecular complexity index is 502. The summed E-state index contributed by atoms with van der Waals surface area (Å²) in [5, 5.41) is 6.56. The molecule has 0 aromatic heterocycles. The third kappa shape index (κ3) is 8.26. The number of halogens is 1. The first kappa shape index (κ1) is 20.4. The number of hydrogen-bond acceptors (Lipinski definition) is 3. The topological polar surface area (TPSA) is 48.9 Å². The fourth-order valence-electron chi connectivity index (χ4n) is 2.02. The van der Waals surface area contributed by atoms with Gasteiger partial charge in [0.15, 0.2) is 5.96 Å². The minimum atomic E-state index is -0.276. The lowest BCUT2D eigenvalue weighted by atomic mass is 10.1. The maximum absolute atomic E-state index is 12.9. The van der Waals surface area contributed by atoms with Crippen molar-refractivity contribution in [2.24, 2.45) is 4.99 Å². The highest BCUT2D eigenvalue weighted by Crippen LogP contribution is 2.07. The molecule has 0 saturated heterocycles. The second-order valence-electron chi connectivity index (χ2n) is 6.45. The molecule has 136 valence electrons. The third-order valence-electron chi connectivity index (χ3n) is 3.67. The predicted octanol–water partition coefficient (Wildman–Crippen LogP) is 2.24. The Hall–Kier alpha value is -1.66. The molecule has 0 amide bonds. The van der Waals surface area contributed by atoms with Gasteiger partial charge in [0, 0.05) is 33.3 Å². The quantitative estimate of drug-likeness (QED) is 0.535. The molecule has 0 aliphatic rings. The summed E-state index contributed by atoms with van der Waals surface area (Å²) in [6, 6.07) is 6.62. The van der Waals surface area contributed by atoms with Gasteiger partial charge in [-0.3, -0.25) is 4.99 Å². The molecule has 0 radical (unpaired) electrons. The summed E-state index contributed by atoms with van der Waals surface area (Å²) in [7, 11) is 3.74. The Balaban J connectivity index is 2.41. The van der Waals surface area contributed by atoms with Crippen LogP contribution in [0.25, 0.3) is 0 Å². The van der Waals surface area contributed by atoms with Gasteiger partial charge in [-0.2, -0.15) is 0 Å². The Kier molecular flexibility index (Phi) is 8.71. The summed E-state index contributed by atoms with van der Waals surface area (Å²) in [6.07, 6.45) is 0. The smallest absolute Gasteiger partial charge is 0.191 e. The van der Waals surface area contributed by atoms with Crippen LogP contribution in [-0.4, -0.2) is 56.8 Å². The number of aliphatic imine (C=N–C) groups is 1. The molecule has 6 heteroatoms. The van der Waals surface area contributed by atoms with Crippen LogP contribution in [0.1, 0.15) is 26.3 Å². The van der Waals surface area contributed by atoms with Crippen molar-refractivity contribution in [2.45, 2.75) is 32.9 Å². The molecule has 0 fully saturated rings. The van der Waals surface area contributed by atoms with Crippen LogP contribution < -0.4 is 10.6 Å². The molecular weight excluding hydrogens is 307 g/mol. The van der Waals surface area contributed by atoms with Gasteiger partial charge in [0.05, 0.1) is 12.1 Å². The summed E-state index contributed by atoms with van der Waals surface area (Å²) in [6.45, 7) is 9.88. The highest BCUT2D eigenvalue weighted by Gasteiger charge is 2.15. The molecule has 0 heterocycles. The number of guanidine groups is 1. The average molecular weight is 338 g/mol. The van der Waals surface area contributed by atoms with Crippen LogP contribution in [0.15, 0.2) is 29.3 Å². The van der Waals surface area contributed by atoms with E-state index in [1.54, 1.807) is 7.11 Å². The molecule has 5 nitrogen and oxygen atoms in total. The van der Waals surface area contributed by atoms with Crippen molar-refractivity contribution in [2.75, 3.05) is 40.3 Å². The Morgan fingerprint density at radius 3 is 2.50 bits per heavy atom. The van der Waals surface area contributed by atoms with Gasteiger partial charge < -0.3 is 20.3 Å². The van der Waals surface area contributed by atoms with Crippen LogP contribution in [0.2, 0.25) is 0 Å². The monoisotopic (exact) mass is 338 g/mol. The van der Waals surface area contributed by atoms with E-state index >= 15 is 0 Å². The van der Waals surface area contributed by atoms with E-state index in [9.17, 15) is 4.39 Å². The van der Waals surface area contributed by atoms with Crippen molar-refractivity contribution >= 4 is 5.96 Å². The van der Waals surface area contributed by atoms with Crippen LogP contribution in [0, 0.1) is 5.82 Å². The van der Waals surface area contributed by atoms with E-state index in [1.807, 2.05) is 40.0 Å². The molecular formula is C18H31FN4O. The van der Waals surface area contributed by atoms with Gasteiger partial charge in [-0.25, -0.2) is 4.39 Å². The molecule has 1 aromatic rings. The summed E-state index contributed by atoms with van der Waals surface area (Å²) in [5.41, 5.74) is 0.822. The van der Waals surface area contributed by atoms with Crippen molar-refractivity contribution in [1.29, 1.82) is 0 Å². The molecule has 0 spiro atoms. The van der Waals surface area contributed by atoms with E-state index in [0.717, 1.165) is 37.7 Å². The van der Waals surface area contributed by atoms with Crippen LogP contribution >= 0.6 is 0 Å². The summed E-state index contributed by atoms with van der Waals surface area (Å²) in [5.74, 6) is 0.589. The maximum Gasteiger partial charge on any atom is 0.191 e. The van der Waals surface area contributed by atoms with E-state index in [1.165, 1.54) is 12.1 Å². The first-order valence-corrected chi connectivity index (χ1v) is 8.36. The van der Waals surface area contributed by atoms with Gasteiger partial charge >= 0.3 is 0 Å². The number of likely N-dealkylation sites (N-methyl/N-ethyl adjacent to an activating group) is 1. The molecule has 0 aliphatic carbocycles. The minimum absolute atomic E-state index is 0.200. The van der Waals surface area contributed by atoms with Gasteiger partial charge in [-0.05, 0) is 45.5 Å². The summed E-state index contributed by atoms with van der Waals surface area (Å²) >= 11 is 0. The highest BCUT2D eigenvalue weighted by atomic mass is 19.1. The molecule has 1 aromatic carbocycles. The largest absolute Gasteiger partial charge is 0.377 e. The van der Waals surface area contributed by atoms with E-state index in [0.29, 0.717) is 6.54 Å². The number of nitrogens with zero attached hydrogens (tertiary/aromatic N) is 2. The van der Waals surface area contributed by atoms with Gasteiger partial charge in [0.25, 0.3) is 0 Å². The highest BCUT2D eigenvalue weighted by molar-refractivity contribution is 5.79. The lowest BCUT2D eigenvalue weighted by Crippen LogP contribution is -2.42. The lowest BCUT2D eigenvalue weighted by Gasteiger charge is -2.22. The molecule has 2 N–H and O–H groups in total. The number of benzene rings is 1. The number of ether oxygens (including phenoxy) is 1. The average Bonchev–Trinajstić information content (AvgIpc) is 2.55. The maximum atomic E-state index is 12.9. The Morgan fingerprint density at radius 1 is 1.25 bits per heavy atom. The van der Waals surface area contributed by atoms with E-state index in [4.69, 9.17) is 4.74 Å². The third-order valence-corrected chi connectivity index (χ3v) is 3.67. The fourth-order valence-corrected chi connectivity index (χ4v) is 2.02. The minimum Gasteiger partial charge on any atom is -0.377 e. The van der Waals surface area contributed by atoms with Crippen molar-refractivity contribution in [3.8, 4) is 0 Å². The normalized spacial score (nSPS) is 12.5. The van der Waals surface area contributed by atoms with E-state index in [-0.39, 0.29) is 11.4 Å². The standard InChI is InChI=1S/C18H31FN4O/c1-6-20-17(22-14-18(2,3)24-5)21-11-12-23(4)13-15-7-9-16(19)10-8-15/h7-10H,6,11-14H2,1-5H3,(H2,20,21,22). The van der Waals surface area contributed by atoms with E-state index < -0.39 is 0 Å². The number of methoxy groups -OCH3 is 1. The van der Waals surface area contributed by atoms with E-state index in [2.05, 4.69) is 20.5 Å². The van der Waals surface area contributed by atoms with Gasteiger partial charge in [-0.15, -0.1) is 0 Å². The Morgan fingerprint density at radius 2 is 1.92 bits per heavy atom. The van der Waals surface area contributed by atoms with Crippen molar-refractivity contribution < 1.29 is 9.13 Å². The van der Waals surface area contributed by atoms with Crippen LogP contribution in [0.4, 0.5) is 4.39 Å². The zero-order chi connectivity index (χ0) is 18.0. The Labute approximate surface area is 145 Å². The summed E-state index contributed by atoms with van der Waals surface area (Å²) < 4.78 is 18.3. The van der Waals surface area contributed by atoms with Crippen LogP contribution in [-0.2, 0) is 11.3 Å². The second kappa shape index (κ2) is 10.3. The zero-order valence-corrected chi connectivity index (χ0v) is 15.5. The summed E-state index contributed by atoms with van der Waals surface area (Å²) in [4.78, 5) is 6.74. The fraction of sp³-hybridized carbons (Fsp3) is 0.611.